The molecule has 0 aliphatic carbocycles. The largest absolute Gasteiger partial charge is 0.486 e. The Morgan fingerprint density at radius 3 is 2.73 bits per heavy atom. The lowest BCUT2D eigenvalue weighted by Crippen LogP contribution is -2.34. The lowest BCUT2D eigenvalue weighted by Gasteiger charge is -2.18. The maximum absolute atomic E-state index is 12.0. The highest BCUT2D eigenvalue weighted by Crippen LogP contribution is 2.30. The zero-order valence-electron chi connectivity index (χ0n) is 14.3. The summed E-state index contributed by atoms with van der Waals surface area (Å²) in [7, 11) is 0. The fourth-order valence-electron chi connectivity index (χ4n) is 2.41. The molecule has 7 nitrogen and oxygen atoms in total. The average molecular weight is 353 g/mol. The molecule has 3 rings (SSSR count). The van der Waals surface area contributed by atoms with Crippen LogP contribution in [0.1, 0.15) is 21.5 Å². The van der Waals surface area contributed by atoms with Gasteiger partial charge in [-0.15, -0.1) is 0 Å². The molecule has 7 heteroatoms. The molecule has 2 amide bonds. The first kappa shape index (κ1) is 17.5. The van der Waals surface area contributed by atoms with Crippen molar-refractivity contribution in [3.05, 3.63) is 59.2 Å². The Morgan fingerprint density at radius 1 is 1.12 bits per heavy atom. The first-order valence-corrected chi connectivity index (χ1v) is 8.18. The number of carbonyl (C=O) groups is 2. The normalized spacial score (nSPS) is 12.7. The Bertz CT molecular complexity index is 848. The number of aryl methyl sites for hydroxylation is 1. The molecule has 2 aromatic rings. The number of benzene rings is 2. The molecule has 0 radical (unpaired) electrons. The van der Waals surface area contributed by atoms with E-state index in [2.05, 4.69) is 15.8 Å². The minimum atomic E-state index is -0.417. The summed E-state index contributed by atoms with van der Waals surface area (Å²) in [6.45, 7) is 2.77. The van der Waals surface area contributed by atoms with Crippen LogP contribution < -0.4 is 20.2 Å². The molecular weight excluding hydrogens is 334 g/mol. The number of fused-ring (bicyclic) bond motifs is 1. The van der Waals surface area contributed by atoms with Gasteiger partial charge in [-0.2, -0.15) is 5.10 Å². The number of ether oxygens (including phenoxy) is 2. The molecule has 0 saturated carbocycles. The Hall–Kier alpha value is -3.35. The van der Waals surface area contributed by atoms with Crippen molar-refractivity contribution in [1.29, 1.82) is 0 Å². The molecule has 1 aliphatic rings. The fraction of sp³-hybridized carbons (Fsp3) is 0.211. The highest BCUT2D eigenvalue weighted by atomic mass is 16.6. The lowest BCUT2D eigenvalue weighted by molar-refractivity contribution is -0.120. The third-order valence-electron chi connectivity index (χ3n) is 3.66. The first-order chi connectivity index (χ1) is 12.6. The van der Waals surface area contributed by atoms with Crippen molar-refractivity contribution >= 4 is 18.0 Å². The van der Waals surface area contributed by atoms with Crippen LogP contribution in [0.5, 0.6) is 11.5 Å². The van der Waals surface area contributed by atoms with Gasteiger partial charge in [0.2, 0.25) is 0 Å². The van der Waals surface area contributed by atoms with Gasteiger partial charge in [0, 0.05) is 5.56 Å². The molecule has 2 N–H and O–H groups in total. The summed E-state index contributed by atoms with van der Waals surface area (Å²) in [5.41, 5.74) is 4.63. The number of hydrogen-bond acceptors (Lipinski definition) is 5. The molecule has 1 heterocycles. The topological polar surface area (TPSA) is 89.0 Å². The molecular formula is C19H19N3O4. The summed E-state index contributed by atoms with van der Waals surface area (Å²) in [6.07, 6.45) is 1.50. The van der Waals surface area contributed by atoms with Crippen LogP contribution in [0.3, 0.4) is 0 Å². The lowest BCUT2D eigenvalue weighted by atomic mass is 10.1. The van der Waals surface area contributed by atoms with E-state index in [1.165, 1.54) is 6.21 Å². The first-order valence-electron chi connectivity index (χ1n) is 8.18. The Labute approximate surface area is 151 Å². The van der Waals surface area contributed by atoms with Crippen molar-refractivity contribution in [2.45, 2.75) is 6.92 Å². The Balaban J connectivity index is 1.48. The van der Waals surface area contributed by atoms with E-state index in [9.17, 15) is 9.59 Å². The minimum absolute atomic E-state index is 0.161. The molecule has 134 valence electrons. The smallest absolute Gasteiger partial charge is 0.259 e. The van der Waals surface area contributed by atoms with E-state index in [-0.39, 0.29) is 12.5 Å². The van der Waals surface area contributed by atoms with Gasteiger partial charge in [-0.1, -0.05) is 17.7 Å². The van der Waals surface area contributed by atoms with E-state index in [4.69, 9.17) is 9.47 Å². The van der Waals surface area contributed by atoms with Crippen molar-refractivity contribution in [3.8, 4) is 11.5 Å². The quantitative estimate of drug-likeness (QED) is 0.632. The van der Waals surface area contributed by atoms with E-state index in [1.807, 2.05) is 19.1 Å². The molecule has 0 aromatic heterocycles. The highest BCUT2D eigenvalue weighted by Gasteiger charge is 2.11. The SMILES string of the molecule is Cc1cccc(C(=O)NCC(=O)N/N=C/c2ccc3c(c2)OCCO3)c1. The molecule has 1 aliphatic heterocycles. The molecule has 2 aromatic carbocycles. The van der Waals surface area contributed by atoms with Crippen molar-refractivity contribution in [2.75, 3.05) is 19.8 Å². The average Bonchev–Trinajstić information content (AvgIpc) is 2.66. The second-order valence-corrected chi connectivity index (χ2v) is 5.75. The Morgan fingerprint density at radius 2 is 1.92 bits per heavy atom. The molecule has 0 unspecified atom stereocenters. The second-order valence-electron chi connectivity index (χ2n) is 5.75. The van der Waals surface area contributed by atoms with Crippen LogP contribution >= 0.6 is 0 Å². The molecule has 0 saturated heterocycles. The third-order valence-corrected chi connectivity index (χ3v) is 3.66. The summed E-state index contributed by atoms with van der Waals surface area (Å²) in [6, 6.07) is 12.5. The minimum Gasteiger partial charge on any atom is -0.486 e. The van der Waals surface area contributed by atoms with Crippen LogP contribution in [-0.4, -0.2) is 37.8 Å². The second kappa shape index (κ2) is 8.15. The van der Waals surface area contributed by atoms with E-state index in [1.54, 1.807) is 30.3 Å². The van der Waals surface area contributed by atoms with Gasteiger partial charge in [0.15, 0.2) is 11.5 Å². The summed E-state index contributed by atoms with van der Waals surface area (Å²) in [4.78, 5) is 23.8. The van der Waals surface area contributed by atoms with E-state index in [0.717, 1.165) is 11.1 Å². The zero-order valence-corrected chi connectivity index (χ0v) is 14.3. The van der Waals surface area contributed by atoms with Crippen molar-refractivity contribution in [1.82, 2.24) is 10.7 Å². The monoisotopic (exact) mass is 353 g/mol. The van der Waals surface area contributed by atoms with Gasteiger partial charge < -0.3 is 14.8 Å². The zero-order chi connectivity index (χ0) is 18.4. The van der Waals surface area contributed by atoms with Crippen molar-refractivity contribution < 1.29 is 19.1 Å². The molecule has 0 atom stereocenters. The summed E-state index contributed by atoms with van der Waals surface area (Å²) >= 11 is 0. The number of nitrogens with zero attached hydrogens (tertiary/aromatic N) is 1. The maximum atomic E-state index is 12.0. The van der Waals surface area contributed by atoms with Crippen LogP contribution in [0.15, 0.2) is 47.6 Å². The standard InChI is InChI=1S/C19H19N3O4/c1-13-3-2-4-15(9-13)19(24)20-12-18(23)22-21-11-14-5-6-16-17(10-14)26-8-7-25-16/h2-6,9-11H,7-8,12H2,1H3,(H,20,24)(H,22,23)/b21-11+. The number of rotatable bonds is 5. The number of nitrogens with one attached hydrogen (secondary N) is 2. The van der Waals surface area contributed by atoms with Crippen LogP contribution in [0, 0.1) is 6.92 Å². The van der Waals surface area contributed by atoms with Crippen molar-refractivity contribution in [3.63, 3.8) is 0 Å². The maximum Gasteiger partial charge on any atom is 0.259 e. The molecule has 0 bridgehead atoms. The number of hydrogen-bond donors (Lipinski definition) is 2. The van der Waals surface area contributed by atoms with Gasteiger partial charge in [0.25, 0.3) is 11.8 Å². The van der Waals surface area contributed by atoms with Gasteiger partial charge in [-0.25, -0.2) is 5.43 Å². The number of hydrazone groups is 1. The van der Waals surface area contributed by atoms with Crippen LogP contribution in [0.4, 0.5) is 0 Å². The predicted molar refractivity (Wildman–Crippen MR) is 96.7 cm³/mol. The van der Waals surface area contributed by atoms with Gasteiger partial charge >= 0.3 is 0 Å². The summed E-state index contributed by atoms with van der Waals surface area (Å²) < 4.78 is 10.9. The van der Waals surface area contributed by atoms with E-state index >= 15 is 0 Å². The van der Waals surface area contributed by atoms with Gasteiger partial charge in [0.1, 0.15) is 13.2 Å². The van der Waals surface area contributed by atoms with Gasteiger partial charge in [-0.05, 0) is 42.8 Å². The molecule has 26 heavy (non-hydrogen) atoms. The van der Waals surface area contributed by atoms with E-state index in [0.29, 0.717) is 30.3 Å². The van der Waals surface area contributed by atoms with Crippen LogP contribution in [-0.2, 0) is 4.79 Å². The molecule has 0 fully saturated rings. The number of amides is 2. The van der Waals surface area contributed by atoms with Crippen LogP contribution in [0.2, 0.25) is 0 Å². The summed E-state index contributed by atoms with van der Waals surface area (Å²) in [5, 5.41) is 6.44. The fourth-order valence-corrected chi connectivity index (χ4v) is 2.41. The van der Waals surface area contributed by atoms with Gasteiger partial charge in [0.05, 0.1) is 12.8 Å². The van der Waals surface area contributed by atoms with Crippen molar-refractivity contribution in [2.24, 2.45) is 5.10 Å². The summed E-state index contributed by atoms with van der Waals surface area (Å²) in [5.74, 6) is 0.618. The predicted octanol–water partition coefficient (Wildman–Crippen LogP) is 1.65. The van der Waals surface area contributed by atoms with Gasteiger partial charge in [-0.3, -0.25) is 9.59 Å². The van der Waals surface area contributed by atoms with E-state index < -0.39 is 5.91 Å². The third kappa shape index (κ3) is 4.60. The molecule has 0 spiro atoms. The van der Waals surface area contributed by atoms with Crippen LogP contribution in [0.25, 0.3) is 0 Å². The highest BCUT2D eigenvalue weighted by molar-refractivity contribution is 5.96. The number of carbonyl (C=O) groups excluding carboxylic acids is 2. The Kier molecular flexibility index (Phi) is 5.48.